The van der Waals surface area contributed by atoms with E-state index in [2.05, 4.69) is 50.0 Å². The summed E-state index contributed by atoms with van der Waals surface area (Å²) in [6.45, 7) is 9.17. The maximum absolute atomic E-state index is 4.54. The van der Waals surface area contributed by atoms with Gasteiger partial charge in [-0.05, 0) is 36.0 Å². The van der Waals surface area contributed by atoms with Gasteiger partial charge in [-0.3, -0.25) is 0 Å². The summed E-state index contributed by atoms with van der Waals surface area (Å²) < 4.78 is 0. The van der Waals surface area contributed by atoms with E-state index in [0.29, 0.717) is 11.8 Å². The van der Waals surface area contributed by atoms with E-state index in [0.717, 1.165) is 30.1 Å². The Hall–Kier alpha value is -0.920. The average molecular weight is 244 g/mol. The van der Waals surface area contributed by atoms with Gasteiger partial charge in [-0.2, -0.15) is 10.2 Å². The normalized spacial score (nSPS) is 37.9. The Balaban J connectivity index is 1.79. The van der Waals surface area contributed by atoms with Crippen molar-refractivity contribution >= 4 is 11.4 Å². The van der Waals surface area contributed by atoms with Gasteiger partial charge in [0.15, 0.2) is 0 Å². The quantitative estimate of drug-likeness (QED) is 0.672. The zero-order chi connectivity index (χ0) is 12.9. The van der Waals surface area contributed by atoms with E-state index < -0.39 is 0 Å². The molecule has 2 bridgehead atoms. The Kier molecular flexibility index (Phi) is 2.91. The van der Waals surface area contributed by atoms with Gasteiger partial charge in [-0.25, -0.2) is 0 Å². The van der Waals surface area contributed by atoms with Crippen LogP contribution in [0.5, 0.6) is 0 Å². The van der Waals surface area contributed by atoms with E-state index in [1.54, 1.807) is 0 Å². The van der Waals surface area contributed by atoms with Crippen molar-refractivity contribution in [2.24, 2.45) is 45.7 Å². The maximum Gasteiger partial charge on any atom is 0.0502 e. The first kappa shape index (κ1) is 12.1. The third-order valence-electron chi connectivity index (χ3n) is 5.01. The molecule has 2 nitrogen and oxygen atoms in total. The van der Waals surface area contributed by atoms with Crippen LogP contribution in [0.3, 0.4) is 0 Å². The highest BCUT2D eigenvalue weighted by Crippen LogP contribution is 2.52. The van der Waals surface area contributed by atoms with Gasteiger partial charge in [0.2, 0.25) is 0 Å². The fraction of sp³-hybridized carbons (Fsp3) is 0.750. The largest absolute Gasteiger partial charge is 0.159 e. The molecule has 0 radical (unpaired) electrons. The zero-order valence-electron chi connectivity index (χ0n) is 11.9. The molecule has 1 heterocycles. The molecule has 0 N–H and O–H groups in total. The van der Waals surface area contributed by atoms with Gasteiger partial charge in [0.1, 0.15) is 0 Å². The molecule has 0 aromatic rings. The molecule has 3 rings (SSSR count). The molecule has 1 fully saturated rings. The lowest BCUT2D eigenvalue weighted by Gasteiger charge is -2.31. The van der Waals surface area contributed by atoms with Crippen LogP contribution in [0.2, 0.25) is 0 Å². The van der Waals surface area contributed by atoms with Crippen LogP contribution in [0.25, 0.3) is 0 Å². The molecule has 2 heteroatoms. The summed E-state index contributed by atoms with van der Waals surface area (Å²) in [5.41, 5.74) is 2.65. The first-order chi connectivity index (χ1) is 8.58. The number of fused-ring (bicyclic) bond motifs is 2. The minimum Gasteiger partial charge on any atom is -0.159 e. The van der Waals surface area contributed by atoms with Gasteiger partial charge in [0.25, 0.3) is 0 Å². The Morgan fingerprint density at radius 1 is 1.06 bits per heavy atom. The molecule has 4 atom stereocenters. The van der Waals surface area contributed by atoms with Crippen LogP contribution < -0.4 is 0 Å². The van der Waals surface area contributed by atoms with Crippen LogP contribution >= 0.6 is 0 Å². The van der Waals surface area contributed by atoms with Crippen LogP contribution in [0, 0.1) is 35.5 Å². The second-order valence-corrected chi connectivity index (χ2v) is 6.81. The highest BCUT2D eigenvalue weighted by Gasteiger charge is 2.48. The molecule has 0 spiro atoms. The van der Waals surface area contributed by atoms with Gasteiger partial charge < -0.3 is 0 Å². The van der Waals surface area contributed by atoms with E-state index in [9.17, 15) is 0 Å². The molecule has 4 unspecified atom stereocenters. The lowest BCUT2D eigenvalue weighted by molar-refractivity contribution is 0.287. The highest BCUT2D eigenvalue weighted by molar-refractivity contribution is 6.09. The minimum atomic E-state index is 0.540. The Morgan fingerprint density at radius 2 is 1.78 bits per heavy atom. The summed E-state index contributed by atoms with van der Waals surface area (Å²) in [7, 11) is 0. The zero-order valence-corrected chi connectivity index (χ0v) is 11.9. The Bertz CT molecular complexity index is 428. The first-order valence-corrected chi connectivity index (χ1v) is 7.39. The standard InChI is InChI=1S/C16H24N2/c1-9(2)13-8-14(18-17-13)16-12-6-5-11(7-12)15(16)10(3)4/h5-6,9-12,15-16H,7-8H2,1-4H3. The second-order valence-electron chi connectivity index (χ2n) is 6.81. The lowest BCUT2D eigenvalue weighted by atomic mass is 9.73. The van der Waals surface area contributed by atoms with Crippen LogP contribution in [0.15, 0.2) is 22.4 Å². The van der Waals surface area contributed by atoms with Crippen molar-refractivity contribution in [2.45, 2.75) is 40.5 Å². The molecule has 18 heavy (non-hydrogen) atoms. The van der Waals surface area contributed by atoms with Crippen molar-refractivity contribution in [1.29, 1.82) is 0 Å². The number of hydrogen-bond acceptors (Lipinski definition) is 2. The Morgan fingerprint density at radius 3 is 2.39 bits per heavy atom. The third-order valence-corrected chi connectivity index (χ3v) is 5.01. The number of rotatable bonds is 3. The van der Waals surface area contributed by atoms with Crippen molar-refractivity contribution in [3.05, 3.63) is 12.2 Å². The lowest BCUT2D eigenvalue weighted by Crippen LogP contribution is -2.31. The number of hydrogen-bond donors (Lipinski definition) is 0. The molecule has 0 aromatic carbocycles. The minimum absolute atomic E-state index is 0.540. The van der Waals surface area contributed by atoms with Crippen LogP contribution in [0.4, 0.5) is 0 Å². The van der Waals surface area contributed by atoms with E-state index in [4.69, 9.17) is 0 Å². The summed E-state index contributed by atoms with van der Waals surface area (Å²) >= 11 is 0. The molecular weight excluding hydrogens is 220 g/mol. The molecule has 0 saturated heterocycles. The van der Waals surface area contributed by atoms with E-state index in [1.807, 2.05) is 0 Å². The highest BCUT2D eigenvalue weighted by atomic mass is 15.2. The first-order valence-electron chi connectivity index (χ1n) is 7.39. The second kappa shape index (κ2) is 4.32. The summed E-state index contributed by atoms with van der Waals surface area (Å²) in [5.74, 6) is 4.28. The molecule has 0 amide bonds. The van der Waals surface area contributed by atoms with E-state index in [1.165, 1.54) is 17.8 Å². The van der Waals surface area contributed by atoms with Crippen LogP contribution in [0.1, 0.15) is 40.5 Å². The predicted molar refractivity (Wildman–Crippen MR) is 76.9 cm³/mol. The maximum atomic E-state index is 4.54. The van der Waals surface area contributed by atoms with Gasteiger partial charge >= 0.3 is 0 Å². The van der Waals surface area contributed by atoms with Crippen LogP contribution in [-0.4, -0.2) is 11.4 Å². The van der Waals surface area contributed by atoms with Gasteiger partial charge in [0, 0.05) is 18.1 Å². The molecule has 3 aliphatic rings. The number of nitrogens with zero attached hydrogens (tertiary/aromatic N) is 2. The molecule has 1 saturated carbocycles. The van der Waals surface area contributed by atoms with Gasteiger partial charge in [-0.1, -0.05) is 39.8 Å². The van der Waals surface area contributed by atoms with Crippen LogP contribution in [-0.2, 0) is 0 Å². The topological polar surface area (TPSA) is 24.7 Å². The fourth-order valence-electron chi connectivity index (χ4n) is 4.13. The molecule has 2 aliphatic carbocycles. The number of allylic oxidation sites excluding steroid dienone is 2. The fourth-order valence-corrected chi connectivity index (χ4v) is 4.13. The smallest absolute Gasteiger partial charge is 0.0502 e. The summed E-state index contributed by atoms with van der Waals surface area (Å²) in [6.07, 6.45) is 7.27. The van der Waals surface area contributed by atoms with Crippen molar-refractivity contribution < 1.29 is 0 Å². The van der Waals surface area contributed by atoms with E-state index >= 15 is 0 Å². The third kappa shape index (κ3) is 1.77. The summed E-state index contributed by atoms with van der Waals surface area (Å²) in [5, 5.41) is 8.96. The monoisotopic (exact) mass is 244 g/mol. The van der Waals surface area contributed by atoms with Crippen molar-refractivity contribution in [3.8, 4) is 0 Å². The summed E-state index contributed by atoms with van der Waals surface area (Å²) in [6, 6.07) is 0. The van der Waals surface area contributed by atoms with E-state index in [-0.39, 0.29) is 0 Å². The molecule has 0 aromatic heterocycles. The molecular formula is C16H24N2. The van der Waals surface area contributed by atoms with Crippen molar-refractivity contribution in [1.82, 2.24) is 0 Å². The van der Waals surface area contributed by atoms with Gasteiger partial charge in [-0.15, -0.1) is 0 Å². The molecule has 98 valence electrons. The van der Waals surface area contributed by atoms with Gasteiger partial charge in [0.05, 0.1) is 5.71 Å². The average Bonchev–Trinajstić information content (AvgIpc) is 3.02. The van der Waals surface area contributed by atoms with Crippen molar-refractivity contribution in [3.63, 3.8) is 0 Å². The summed E-state index contributed by atoms with van der Waals surface area (Å²) in [4.78, 5) is 0. The SMILES string of the molecule is CC(C)C1=NN=C(C2C3C=CC(C3)C2C(C)C)C1. The molecule has 1 aliphatic heterocycles. The predicted octanol–water partition coefficient (Wildman–Crippen LogP) is 3.94. The Labute approximate surface area is 110 Å². The van der Waals surface area contributed by atoms with Crippen molar-refractivity contribution in [2.75, 3.05) is 0 Å².